The zero-order chi connectivity index (χ0) is 24.5. The number of nitrogens with one attached hydrogen (secondary N) is 1. The van der Waals surface area contributed by atoms with Crippen molar-refractivity contribution < 1.29 is 19.5 Å². The van der Waals surface area contributed by atoms with Gasteiger partial charge >= 0.3 is 12.1 Å². The second kappa shape index (κ2) is 9.71. The molecule has 5 rings (SSSR count). The Kier molecular flexibility index (Phi) is 6.48. The van der Waals surface area contributed by atoms with E-state index in [-0.39, 0.29) is 24.5 Å². The summed E-state index contributed by atoms with van der Waals surface area (Å²) in [6, 6.07) is 9.30. The molecule has 1 fully saturated rings. The summed E-state index contributed by atoms with van der Waals surface area (Å²) in [6.45, 7) is 1.62. The third kappa shape index (κ3) is 4.63. The lowest BCUT2D eigenvalue weighted by molar-refractivity contribution is -0.133. The summed E-state index contributed by atoms with van der Waals surface area (Å²) in [4.78, 5) is 44.9. The van der Waals surface area contributed by atoms with Crippen molar-refractivity contribution in [3.8, 4) is 0 Å². The summed E-state index contributed by atoms with van der Waals surface area (Å²) in [5.41, 5.74) is 3.42. The van der Waals surface area contributed by atoms with Gasteiger partial charge < -0.3 is 20.2 Å². The van der Waals surface area contributed by atoms with Crippen LogP contribution in [0, 0.1) is 0 Å². The number of amides is 5. The number of thiophene rings is 1. The lowest BCUT2D eigenvalue weighted by Crippen LogP contribution is -2.54. The Labute approximate surface area is 208 Å². The first-order valence-electron chi connectivity index (χ1n) is 11.8. The summed E-state index contributed by atoms with van der Waals surface area (Å²) in [5, 5.41) is 17.3. The molecule has 10 heteroatoms. The fourth-order valence-electron chi connectivity index (χ4n) is 4.98. The summed E-state index contributed by atoms with van der Waals surface area (Å²) >= 11 is 1.50. The van der Waals surface area contributed by atoms with Gasteiger partial charge in [0, 0.05) is 50.2 Å². The van der Waals surface area contributed by atoms with Crippen molar-refractivity contribution in [2.75, 3.05) is 38.5 Å². The van der Waals surface area contributed by atoms with Gasteiger partial charge in [-0.3, -0.25) is 14.6 Å². The molecule has 2 aromatic rings. The minimum Gasteiger partial charge on any atom is -0.369 e. The Morgan fingerprint density at radius 1 is 1.14 bits per heavy atom. The number of aliphatic hydroxyl groups is 1. The van der Waals surface area contributed by atoms with E-state index in [0.29, 0.717) is 38.0 Å². The van der Waals surface area contributed by atoms with Crippen molar-refractivity contribution in [3.05, 3.63) is 58.4 Å². The van der Waals surface area contributed by atoms with E-state index in [1.54, 1.807) is 11.1 Å². The molecular formula is C25H29N5O4S. The highest BCUT2D eigenvalue weighted by atomic mass is 32.1. The van der Waals surface area contributed by atoms with E-state index < -0.39 is 12.3 Å². The number of hydrogen-bond acceptors (Lipinski definition) is 5. The fourth-order valence-corrected chi connectivity index (χ4v) is 5.65. The largest absolute Gasteiger partial charge is 0.369 e. The van der Waals surface area contributed by atoms with Crippen molar-refractivity contribution in [2.45, 2.75) is 31.5 Å². The number of anilines is 1. The molecule has 1 aromatic carbocycles. The molecule has 1 saturated heterocycles. The van der Waals surface area contributed by atoms with E-state index in [9.17, 15) is 19.5 Å². The topological polar surface area (TPSA) is 96.4 Å². The molecule has 1 unspecified atom stereocenters. The Balaban J connectivity index is 1.20. The van der Waals surface area contributed by atoms with Gasteiger partial charge in [0.1, 0.15) is 6.54 Å². The van der Waals surface area contributed by atoms with Gasteiger partial charge in [-0.1, -0.05) is 18.2 Å². The molecule has 1 atom stereocenters. The number of hydrogen-bond donors (Lipinski definition) is 2. The number of benzene rings is 1. The molecule has 5 amide bonds. The number of carbonyl (C=O) groups is 3. The molecule has 3 aliphatic rings. The van der Waals surface area contributed by atoms with Crippen LogP contribution in [0.1, 0.15) is 24.0 Å². The van der Waals surface area contributed by atoms with E-state index in [1.165, 1.54) is 28.2 Å². The number of nitrogens with zero attached hydrogens (tertiary/aromatic N) is 4. The van der Waals surface area contributed by atoms with Crippen LogP contribution in [-0.4, -0.2) is 88.2 Å². The number of rotatable bonds is 4. The standard InChI is InChI=1S/C25H29N5O4S/c1-27-23(32)20(18-9-13-35-16-18)14-29(25(27)34)15-22(31)28-10-7-19(8-11-28)30-12-6-17-4-2-3-5-21(17)26-24(30)33/h2-5,9,13-14,16,19,23,32H,6-8,10-12,15H2,1H3,(H,26,33). The van der Waals surface area contributed by atoms with Crippen molar-refractivity contribution in [2.24, 2.45) is 0 Å². The number of fused-ring (bicyclic) bond motifs is 1. The van der Waals surface area contributed by atoms with Crippen LogP contribution in [0.3, 0.4) is 0 Å². The molecule has 35 heavy (non-hydrogen) atoms. The Bertz CT molecular complexity index is 1140. The van der Waals surface area contributed by atoms with Gasteiger partial charge in [-0.15, -0.1) is 0 Å². The Hall–Kier alpha value is -3.37. The van der Waals surface area contributed by atoms with E-state index in [2.05, 4.69) is 5.32 Å². The summed E-state index contributed by atoms with van der Waals surface area (Å²) in [6.07, 6.45) is 2.71. The molecule has 0 aliphatic carbocycles. The highest BCUT2D eigenvalue weighted by molar-refractivity contribution is 7.08. The highest BCUT2D eigenvalue weighted by Crippen LogP contribution is 2.28. The summed E-state index contributed by atoms with van der Waals surface area (Å²) < 4.78 is 0. The minimum absolute atomic E-state index is 0.0661. The predicted molar refractivity (Wildman–Crippen MR) is 134 cm³/mol. The van der Waals surface area contributed by atoms with Crippen LogP contribution in [0.5, 0.6) is 0 Å². The summed E-state index contributed by atoms with van der Waals surface area (Å²) in [5.74, 6) is -0.143. The second-order valence-corrected chi connectivity index (χ2v) is 9.91. The maximum Gasteiger partial charge on any atom is 0.326 e. The fraction of sp³-hybridized carbons (Fsp3) is 0.400. The maximum absolute atomic E-state index is 13.1. The van der Waals surface area contributed by atoms with Crippen molar-refractivity contribution >= 4 is 40.6 Å². The number of urea groups is 2. The van der Waals surface area contributed by atoms with Gasteiger partial charge in [0.25, 0.3) is 0 Å². The number of likely N-dealkylation sites (N-methyl/N-ethyl adjacent to an activating group) is 1. The van der Waals surface area contributed by atoms with Gasteiger partial charge in [-0.25, -0.2) is 9.59 Å². The monoisotopic (exact) mass is 495 g/mol. The number of likely N-dealkylation sites (tertiary alicyclic amines) is 1. The average Bonchev–Trinajstić information content (AvgIpc) is 3.34. The predicted octanol–water partition coefficient (Wildman–Crippen LogP) is 2.86. The molecular weight excluding hydrogens is 466 g/mol. The first kappa shape index (κ1) is 23.4. The molecule has 0 spiro atoms. The van der Waals surface area contributed by atoms with E-state index in [1.807, 2.05) is 46.0 Å². The van der Waals surface area contributed by atoms with Crippen molar-refractivity contribution in [1.82, 2.24) is 19.6 Å². The zero-order valence-electron chi connectivity index (χ0n) is 19.6. The molecule has 1 aromatic heterocycles. The number of piperidine rings is 1. The molecule has 3 aliphatic heterocycles. The van der Waals surface area contributed by atoms with Crippen LogP contribution in [0.15, 0.2) is 47.3 Å². The van der Waals surface area contributed by atoms with Crippen molar-refractivity contribution in [1.29, 1.82) is 0 Å². The van der Waals surface area contributed by atoms with Crippen LogP contribution in [0.4, 0.5) is 15.3 Å². The Morgan fingerprint density at radius 3 is 2.66 bits per heavy atom. The molecule has 0 saturated carbocycles. The highest BCUT2D eigenvalue weighted by Gasteiger charge is 2.35. The quantitative estimate of drug-likeness (QED) is 0.682. The smallest absolute Gasteiger partial charge is 0.326 e. The molecule has 9 nitrogen and oxygen atoms in total. The van der Waals surface area contributed by atoms with Gasteiger partial charge in [-0.05, 0) is 53.3 Å². The number of aliphatic hydroxyl groups excluding tert-OH is 1. The van der Waals surface area contributed by atoms with Crippen LogP contribution < -0.4 is 5.32 Å². The van der Waals surface area contributed by atoms with Gasteiger partial charge in [-0.2, -0.15) is 11.3 Å². The van der Waals surface area contributed by atoms with Crippen LogP contribution in [-0.2, 0) is 11.2 Å². The molecule has 2 N–H and O–H groups in total. The van der Waals surface area contributed by atoms with Crippen LogP contribution in [0.2, 0.25) is 0 Å². The lowest BCUT2D eigenvalue weighted by atomic mass is 10.0. The van der Waals surface area contributed by atoms with Crippen LogP contribution in [0.25, 0.3) is 5.57 Å². The first-order chi connectivity index (χ1) is 16.9. The lowest BCUT2D eigenvalue weighted by Gasteiger charge is -2.39. The zero-order valence-corrected chi connectivity index (χ0v) is 20.4. The maximum atomic E-state index is 13.1. The summed E-state index contributed by atoms with van der Waals surface area (Å²) in [7, 11) is 1.53. The van der Waals surface area contributed by atoms with E-state index >= 15 is 0 Å². The Morgan fingerprint density at radius 2 is 1.91 bits per heavy atom. The van der Waals surface area contributed by atoms with Gasteiger partial charge in [0.15, 0.2) is 6.23 Å². The van der Waals surface area contributed by atoms with Gasteiger partial charge in [0.05, 0.1) is 0 Å². The number of carbonyl (C=O) groups excluding carboxylic acids is 3. The second-order valence-electron chi connectivity index (χ2n) is 9.13. The first-order valence-corrected chi connectivity index (χ1v) is 12.8. The molecule has 4 heterocycles. The van der Waals surface area contributed by atoms with E-state index in [0.717, 1.165) is 23.2 Å². The van der Waals surface area contributed by atoms with Crippen LogP contribution >= 0.6 is 11.3 Å². The average molecular weight is 496 g/mol. The third-order valence-electron chi connectivity index (χ3n) is 7.05. The molecule has 0 radical (unpaired) electrons. The number of para-hydroxylation sites is 1. The molecule has 184 valence electrons. The van der Waals surface area contributed by atoms with Gasteiger partial charge in [0.2, 0.25) is 5.91 Å². The third-order valence-corrected chi connectivity index (χ3v) is 7.73. The normalized spacial score (nSPS) is 21.4. The molecule has 0 bridgehead atoms. The van der Waals surface area contributed by atoms with E-state index in [4.69, 9.17) is 0 Å². The SMILES string of the molecule is CN1C(=O)N(CC(=O)N2CCC(N3CCc4ccccc4NC3=O)CC2)C=C(c2ccsc2)C1O. The van der Waals surface area contributed by atoms with Crippen molar-refractivity contribution in [3.63, 3.8) is 0 Å². The minimum atomic E-state index is -1.05.